The summed E-state index contributed by atoms with van der Waals surface area (Å²) in [6, 6.07) is 1.12. The number of pyridine rings is 1. The van der Waals surface area contributed by atoms with E-state index in [4.69, 9.17) is 11.5 Å². The van der Waals surface area contributed by atoms with E-state index in [1.807, 2.05) is 0 Å². The average molecular weight is 293 g/mol. The first-order valence-electron chi connectivity index (χ1n) is 5.66. The second kappa shape index (κ2) is 6.42. The lowest BCUT2D eigenvalue weighted by molar-refractivity contribution is -0.275. The summed E-state index contributed by atoms with van der Waals surface area (Å²) in [5, 5.41) is 0. The molecule has 0 radical (unpaired) electrons. The molecular formula is C11H14F3N3O3. The summed E-state index contributed by atoms with van der Waals surface area (Å²) in [4.78, 5) is 15.1. The molecule has 0 fully saturated rings. The van der Waals surface area contributed by atoms with Crippen molar-refractivity contribution in [2.45, 2.75) is 26.3 Å². The monoisotopic (exact) mass is 293 g/mol. The van der Waals surface area contributed by atoms with E-state index in [0.29, 0.717) is 0 Å². The van der Waals surface area contributed by atoms with Gasteiger partial charge in [-0.3, -0.25) is 4.79 Å². The third-order valence-electron chi connectivity index (χ3n) is 2.19. The van der Waals surface area contributed by atoms with Crippen LogP contribution in [0.4, 0.5) is 19.0 Å². The first kappa shape index (κ1) is 16.0. The summed E-state index contributed by atoms with van der Waals surface area (Å²) < 4.78 is 45.7. The van der Waals surface area contributed by atoms with E-state index in [0.717, 1.165) is 6.07 Å². The van der Waals surface area contributed by atoms with Gasteiger partial charge < -0.3 is 20.9 Å². The van der Waals surface area contributed by atoms with Gasteiger partial charge in [-0.05, 0) is 13.0 Å². The Balaban J connectivity index is 3.18. The van der Waals surface area contributed by atoms with Crippen LogP contribution < -0.4 is 16.2 Å². The van der Waals surface area contributed by atoms with Crippen LogP contribution in [0.3, 0.4) is 0 Å². The maximum atomic E-state index is 12.4. The van der Waals surface area contributed by atoms with Gasteiger partial charge in [-0.2, -0.15) is 0 Å². The number of carbonyl (C=O) groups excluding carboxylic acids is 1. The normalized spacial score (nSPS) is 11.2. The van der Waals surface area contributed by atoms with Crippen molar-refractivity contribution < 1.29 is 27.4 Å². The van der Waals surface area contributed by atoms with Gasteiger partial charge in [0.2, 0.25) is 0 Å². The zero-order valence-corrected chi connectivity index (χ0v) is 10.7. The van der Waals surface area contributed by atoms with Gasteiger partial charge in [0.1, 0.15) is 5.82 Å². The summed E-state index contributed by atoms with van der Waals surface area (Å²) in [6.07, 6.45) is -5.34. The highest BCUT2D eigenvalue weighted by Crippen LogP contribution is 2.31. The van der Waals surface area contributed by atoms with Crippen LogP contribution >= 0.6 is 0 Å². The van der Waals surface area contributed by atoms with Gasteiger partial charge in [-0.1, -0.05) is 0 Å². The number of hydrogen-bond acceptors (Lipinski definition) is 6. The summed E-state index contributed by atoms with van der Waals surface area (Å²) in [7, 11) is 0. The van der Waals surface area contributed by atoms with Crippen molar-refractivity contribution in [1.29, 1.82) is 0 Å². The molecule has 1 rings (SSSR count). The largest absolute Gasteiger partial charge is 0.573 e. The minimum atomic E-state index is -4.93. The van der Waals surface area contributed by atoms with E-state index in [1.165, 1.54) is 0 Å². The van der Waals surface area contributed by atoms with Gasteiger partial charge in [-0.15, -0.1) is 13.2 Å². The van der Waals surface area contributed by atoms with Crippen molar-refractivity contribution in [3.63, 3.8) is 0 Å². The molecule has 1 aromatic heterocycles. The van der Waals surface area contributed by atoms with Gasteiger partial charge in [0.25, 0.3) is 0 Å². The number of ether oxygens (including phenoxy) is 2. The number of anilines is 1. The van der Waals surface area contributed by atoms with Crippen molar-refractivity contribution in [2.75, 3.05) is 12.3 Å². The molecule has 6 nitrogen and oxygen atoms in total. The highest BCUT2D eigenvalue weighted by molar-refractivity contribution is 5.74. The number of hydrogen-bond donors (Lipinski definition) is 2. The van der Waals surface area contributed by atoms with Gasteiger partial charge in [0.15, 0.2) is 5.75 Å². The molecular weight excluding hydrogens is 279 g/mol. The minimum Gasteiger partial charge on any atom is -0.466 e. The molecule has 1 aromatic rings. The summed E-state index contributed by atoms with van der Waals surface area (Å²) >= 11 is 0. The van der Waals surface area contributed by atoms with Crippen LogP contribution in [0.25, 0.3) is 0 Å². The predicted octanol–water partition coefficient (Wildman–Crippen LogP) is 1.13. The second-order valence-corrected chi connectivity index (χ2v) is 3.72. The Bertz CT molecular complexity index is 492. The summed E-state index contributed by atoms with van der Waals surface area (Å²) in [5.41, 5.74) is 10.5. The first-order valence-corrected chi connectivity index (χ1v) is 5.66. The minimum absolute atomic E-state index is 0.0562. The molecule has 0 aromatic carbocycles. The van der Waals surface area contributed by atoms with Crippen LogP contribution in [0, 0.1) is 0 Å². The number of esters is 1. The number of alkyl halides is 3. The third-order valence-corrected chi connectivity index (χ3v) is 2.19. The Morgan fingerprint density at radius 1 is 1.45 bits per heavy atom. The quantitative estimate of drug-likeness (QED) is 0.789. The Morgan fingerprint density at radius 2 is 2.10 bits per heavy atom. The van der Waals surface area contributed by atoms with Crippen molar-refractivity contribution >= 4 is 11.8 Å². The highest BCUT2D eigenvalue weighted by atomic mass is 19.4. The molecule has 20 heavy (non-hydrogen) atoms. The lowest BCUT2D eigenvalue weighted by atomic mass is 10.1. The number of carbonyl (C=O) groups is 1. The number of nitrogens with zero attached hydrogens (tertiary/aromatic N) is 1. The molecule has 0 atom stereocenters. The number of nitrogens with two attached hydrogens (primary N) is 2. The van der Waals surface area contributed by atoms with Gasteiger partial charge in [-0.25, -0.2) is 4.98 Å². The Morgan fingerprint density at radius 3 is 2.60 bits per heavy atom. The number of rotatable bonds is 5. The molecule has 0 unspecified atom stereocenters. The number of halogens is 3. The van der Waals surface area contributed by atoms with Crippen molar-refractivity contribution in [3.8, 4) is 5.75 Å². The van der Waals surface area contributed by atoms with Crippen molar-refractivity contribution in [3.05, 3.63) is 17.3 Å². The summed E-state index contributed by atoms with van der Waals surface area (Å²) in [5.74, 6) is -1.37. The fourth-order valence-electron chi connectivity index (χ4n) is 1.55. The van der Waals surface area contributed by atoms with E-state index < -0.39 is 24.5 Å². The van der Waals surface area contributed by atoms with Crippen LogP contribution in [0.15, 0.2) is 6.07 Å². The van der Waals surface area contributed by atoms with E-state index >= 15 is 0 Å². The topological polar surface area (TPSA) is 100 Å². The van der Waals surface area contributed by atoms with Crippen LogP contribution in [0.5, 0.6) is 5.75 Å². The van der Waals surface area contributed by atoms with E-state index in [9.17, 15) is 18.0 Å². The molecule has 0 amide bonds. The SMILES string of the molecule is CCOC(=O)Cc1cc(N)nc(CN)c1OC(F)(F)F. The molecule has 1 heterocycles. The zero-order valence-electron chi connectivity index (χ0n) is 10.7. The van der Waals surface area contributed by atoms with E-state index in [-0.39, 0.29) is 30.2 Å². The van der Waals surface area contributed by atoms with Crippen molar-refractivity contribution in [2.24, 2.45) is 5.73 Å². The van der Waals surface area contributed by atoms with Gasteiger partial charge in [0.05, 0.1) is 18.7 Å². The van der Waals surface area contributed by atoms with Crippen LogP contribution in [-0.2, 0) is 22.5 Å². The number of nitrogen functional groups attached to an aromatic ring is 1. The molecule has 0 spiro atoms. The highest BCUT2D eigenvalue weighted by Gasteiger charge is 2.34. The fraction of sp³-hybridized carbons (Fsp3) is 0.455. The smallest absolute Gasteiger partial charge is 0.466 e. The molecule has 0 saturated heterocycles. The molecule has 0 saturated carbocycles. The Hall–Kier alpha value is -2.03. The maximum absolute atomic E-state index is 12.4. The zero-order chi connectivity index (χ0) is 15.3. The second-order valence-electron chi connectivity index (χ2n) is 3.72. The van der Waals surface area contributed by atoms with Crippen molar-refractivity contribution in [1.82, 2.24) is 4.98 Å². The summed E-state index contributed by atoms with van der Waals surface area (Å²) in [6.45, 7) is 1.38. The fourth-order valence-corrected chi connectivity index (χ4v) is 1.55. The van der Waals surface area contributed by atoms with Gasteiger partial charge in [0, 0.05) is 12.1 Å². The Kier molecular flexibility index (Phi) is 5.14. The molecule has 0 aliphatic heterocycles. The molecule has 9 heteroatoms. The first-order chi connectivity index (χ1) is 9.26. The molecule has 0 bridgehead atoms. The molecule has 0 aliphatic rings. The van der Waals surface area contributed by atoms with E-state index in [2.05, 4.69) is 14.5 Å². The maximum Gasteiger partial charge on any atom is 0.573 e. The molecule has 4 N–H and O–H groups in total. The van der Waals surface area contributed by atoms with Crippen LogP contribution in [0.1, 0.15) is 18.2 Å². The standard InChI is InChI=1S/C11H14F3N3O3/c1-2-19-9(18)4-6-3-8(16)17-7(5-15)10(6)20-11(12,13)14/h3H,2,4-5,15H2,1H3,(H2,16,17). The van der Waals surface area contributed by atoms with Gasteiger partial charge >= 0.3 is 12.3 Å². The number of aromatic nitrogens is 1. The molecule has 112 valence electrons. The average Bonchev–Trinajstić information content (AvgIpc) is 2.31. The van der Waals surface area contributed by atoms with E-state index in [1.54, 1.807) is 6.92 Å². The van der Waals surface area contributed by atoms with Crippen LogP contribution in [0.2, 0.25) is 0 Å². The molecule has 0 aliphatic carbocycles. The predicted molar refractivity (Wildman–Crippen MR) is 63.6 cm³/mol. The lowest BCUT2D eigenvalue weighted by Crippen LogP contribution is -2.22. The third kappa shape index (κ3) is 4.57. The Labute approximate surface area is 112 Å². The van der Waals surface area contributed by atoms with Crippen LogP contribution in [-0.4, -0.2) is 23.9 Å². The lowest BCUT2D eigenvalue weighted by Gasteiger charge is -2.16.